The number of hydrogen-bond donors (Lipinski definition) is 0. The Labute approximate surface area is 131 Å². The molecule has 0 unspecified atom stereocenters. The molecular formula is C16H13BrClNO. The van der Waals surface area contributed by atoms with Gasteiger partial charge in [-0.1, -0.05) is 33.6 Å². The number of aromatic nitrogens is 1. The van der Waals surface area contributed by atoms with Gasteiger partial charge in [0.2, 0.25) is 5.78 Å². The van der Waals surface area contributed by atoms with Gasteiger partial charge in [-0.25, -0.2) is 0 Å². The summed E-state index contributed by atoms with van der Waals surface area (Å²) in [5, 5.41) is 0.597. The summed E-state index contributed by atoms with van der Waals surface area (Å²) < 4.78 is 0.923. The molecule has 2 aromatic rings. The smallest absolute Gasteiger partial charge is 0.212 e. The van der Waals surface area contributed by atoms with Crippen LogP contribution in [0.3, 0.4) is 0 Å². The molecule has 0 aliphatic heterocycles. The number of allylic oxidation sites excluding steroid dienone is 1. The van der Waals surface area contributed by atoms with E-state index in [0.717, 1.165) is 15.6 Å². The number of halogens is 2. The van der Waals surface area contributed by atoms with E-state index < -0.39 is 0 Å². The summed E-state index contributed by atoms with van der Waals surface area (Å²) in [6.07, 6.45) is 3.50. The second-order valence-corrected chi connectivity index (χ2v) is 6.15. The second-order valence-electron chi connectivity index (χ2n) is 4.46. The van der Waals surface area contributed by atoms with Crippen LogP contribution in [0.5, 0.6) is 0 Å². The maximum atomic E-state index is 12.6. The van der Waals surface area contributed by atoms with Crippen molar-refractivity contribution in [1.29, 1.82) is 0 Å². The minimum Gasteiger partial charge on any atom is -0.287 e. The van der Waals surface area contributed by atoms with Crippen molar-refractivity contribution in [2.24, 2.45) is 0 Å². The first-order valence-corrected chi connectivity index (χ1v) is 7.26. The first-order valence-electron chi connectivity index (χ1n) is 6.08. The molecule has 1 aromatic carbocycles. The highest BCUT2D eigenvalue weighted by Crippen LogP contribution is 2.23. The van der Waals surface area contributed by atoms with E-state index in [2.05, 4.69) is 20.9 Å². The van der Waals surface area contributed by atoms with Crippen molar-refractivity contribution in [3.8, 4) is 0 Å². The van der Waals surface area contributed by atoms with Crippen LogP contribution < -0.4 is 0 Å². The Hall–Kier alpha value is -1.45. The van der Waals surface area contributed by atoms with Crippen molar-refractivity contribution in [3.05, 3.63) is 68.4 Å². The molecule has 2 nitrogen and oxygen atoms in total. The van der Waals surface area contributed by atoms with E-state index >= 15 is 0 Å². The molecule has 0 fully saturated rings. The maximum Gasteiger partial charge on any atom is 0.212 e. The summed E-state index contributed by atoms with van der Waals surface area (Å²) in [6, 6.07) is 8.92. The molecule has 0 N–H and O–H groups in total. The number of aryl methyl sites for hydroxylation is 1. The third kappa shape index (κ3) is 3.35. The highest BCUT2D eigenvalue weighted by Gasteiger charge is 2.16. The molecule has 0 saturated carbocycles. The van der Waals surface area contributed by atoms with Crippen LogP contribution in [-0.2, 0) is 0 Å². The molecule has 4 heteroatoms. The molecule has 0 aliphatic carbocycles. The molecule has 1 heterocycles. The molecule has 102 valence electrons. The zero-order chi connectivity index (χ0) is 14.7. The van der Waals surface area contributed by atoms with Crippen LogP contribution in [0, 0.1) is 6.92 Å². The van der Waals surface area contributed by atoms with E-state index in [4.69, 9.17) is 11.6 Å². The van der Waals surface area contributed by atoms with Gasteiger partial charge in [0.05, 0.1) is 0 Å². The predicted octanol–water partition coefficient (Wildman–Crippen LogP) is 5.03. The van der Waals surface area contributed by atoms with Gasteiger partial charge >= 0.3 is 0 Å². The molecule has 0 spiro atoms. The van der Waals surface area contributed by atoms with Crippen molar-refractivity contribution >= 4 is 39.4 Å². The van der Waals surface area contributed by atoms with Crippen molar-refractivity contribution < 1.29 is 4.79 Å². The van der Waals surface area contributed by atoms with E-state index in [1.807, 2.05) is 32.1 Å². The van der Waals surface area contributed by atoms with Gasteiger partial charge in [0.25, 0.3) is 0 Å². The monoisotopic (exact) mass is 349 g/mol. The first kappa shape index (κ1) is 14.9. The number of ketones is 1. The molecular weight excluding hydrogens is 338 g/mol. The molecule has 0 bridgehead atoms. The van der Waals surface area contributed by atoms with Crippen LogP contribution in [0.1, 0.15) is 34.1 Å². The van der Waals surface area contributed by atoms with E-state index in [-0.39, 0.29) is 5.78 Å². The number of benzene rings is 1. The standard InChI is InChI=1S/C16H13BrClNO/c1-10-4-3-7-19-15(10)16(20)14-6-5-13(18)9-12(14)8-11(2)17/h3-9H,1-2H3/b11-8+. The molecule has 1 aromatic heterocycles. The van der Waals surface area contributed by atoms with E-state index in [1.54, 1.807) is 24.4 Å². The van der Waals surface area contributed by atoms with E-state index in [1.165, 1.54) is 0 Å². The first-order chi connectivity index (χ1) is 9.49. The summed E-state index contributed by atoms with van der Waals surface area (Å²) in [5.41, 5.74) is 2.70. The lowest BCUT2D eigenvalue weighted by atomic mass is 9.99. The molecule has 0 amide bonds. The van der Waals surface area contributed by atoms with Gasteiger partial charge in [-0.15, -0.1) is 0 Å². The van der Waals surface area contributed by atoms with Crippen molar-refractivity contribution in [1.82, 2.24) is 4.98 Å². The minimum atomic E-state index is -0.0974. The lowest BCUT2D eigenvalue weighted by Crippen LogP contribution is -2.08. The van der Waals surface area contributed by atoms with Gasteiger partial charge in [0.15, 0.2) is 0 Å². The van der Waals surface area contributed by atoms with Gasteiger partial charge in [0, 0.05) is 16.8 Å². The largest absolute Gasteiger partial charge is 0.287 e. The van der Waals surface area contributed by atoms with Crippen LogP contribution in [0.25, 0.3) is 6.08 Å². The summed E-state index contributed by atoms with van der Waals surface area (Å²) >= 11 is 9.39. The van der Waals surface area contributed by atoms with Gasteiger partial charge in [-0.3, -0.25) is 9.78 Å². The average molecular weight is 351 g/mol. The Kier molecular flexibility index (Phi) is 4.73. The van der Waals surface area contributed by atoms with Gasteiger partial charge in [0.1, 0.15) is 5.69 Å². The van der Waals surface area contributed by atoms with Crippen molar-refractivity contribution in [3.63, 3.8) is 0 Å². The lowest BCUT2D eigenvalue weighted by Gasteiger charge is -2.08. The fourth-order valence-electron chi connectivity index (χ4n) is 1.93. The zero-order valence-corrected chi connectivity index (χ0v) is 13.5. The van der Waals surface area contributed by atoms with Crippen LogP contribution >= 0.6 is 27.5 Å². The van der Waals surface area contributed by atoms with Gasteiger partial charge in [-0.05, 0) is 59.8 Å². The Morgan fingerprint density at radius 1 is 1.35 bits per heavy atom. The lowest BCUT2D eigenvalue weighted by molar-refractivity contribution is 0.103. The van der Waals surface area contributed by atoms with Crippen LogP contribution in [0.2, 0.25) is 5.02 Å². The third-order valence-electron chi connectivity index (χ3n) is 2.84. The topological polar surface area (TPSA) is 30.0 Å². The number of nitrogens with zero attached hydrogens (tertiary/aromatic N) is 1. The molecule has 0 atom stereocenters. The number of carbonyl (C=O) groups excluding carboxylic acids is 1. The highest BCUT2D eigenvalue weighted by atomic mass is 79.9. The Morgan fingerprint density at radius 3 is 2.75 bits per heavy atom. The molecule has 0 radical (unpaired) electrons. The Balaban J connectivity index is 2.56. The summed E-state index contributed by atoms with van der Waals surface area (Å²) in [5.74, 6) is -0.0974. The SMILES string of the molecule is C/C(Br)=C\c1cc(Cl)ccc1C(=O)c1ncccc1C. The number of pyridine rings is 1. The number of rotatable bonds is 3. The number of carbonyl (C=O) groups is 1. The Bertz CT molecular complexity index is 691. The highest BCUT2D eigenvalue weighted by molar-refractivity contribution is 9.11. The normalized spacial score (nSPS) is 11.5. The third-order valence-corrected chi connectivity index (χ3v) is 3.30. The van der Waals surface area contributed by atoms with Crippen molar-refractivity contribution in [2.45, 2.75) is 13.8 Å². The van der Waals surface area contributed by atoms with Gasteiger partial charge in [-0.2, -0.15) is 0 Å². The number of hydrogen-bond acceptors (Lipinski definition) is 2. The molecule has 2 rings (SSSR count). The van der Waals surface area contributed by atoms with Crippen molar-refractivity contribution in [2.75, 3.05) is 0 Å². The fourth-order valence-corrected chi connectivity index (χ4v) is 2.35. The predicted molar refractivity (Wildman–Crippen MR) is 86.4 cm³/mol. The quantitative estimate of drug-likeness (QED) is 0.727. The van der Waals surface area contributed by atoms with Crippen LogP contribution in [0.15, 0.2) is 41.0 Å². The fraction of sp³-hybridized carbons (Fsp3) is 0.125. The summed E-state index contributed by atoms with van der Waals surface area (Å²) in [7, 11) is 0. The van der Waals surface area contributed by atoms with E-state index in [9.17, 15) is 4.79 Å². The van der Waals surface area contributed by atoms with Crippen LogP contribution in [0.4, 0.5) is 0 Å². The minimum absolute atomic E-state index is 0.0974. The Morgan fingerprint density at radius 2 is 2.10 bits per heavy atom. The molecule has 20 heavy (non-hydrogen) atoms. The summed E-state index contributed by atoms with van der Waals surface area (Å²) in [4.78, 5) is 16.8. The second kappa shape index (κ2) is 6.33. The van der Waals surface area contributed by atoms with E-state index in [0.29, 0.717) is 16.3 Å². The average Bonchev–Trinajstić information content (AvgIpc) is 2.38. The zero-order valence-electron chi connectivity index (χ0n) is 11.2. The summed E-state index contributed by atoms with van der Waals surface area (Å²) in [6.45, 7) is 3.78. The molecule has 0 aliphatic rings. The van der Waals surface area contributed by atoms with Crippen LogP contribution in [-0.4, -0.2) is 10.8 Å². The maximum absolute atomic E-state index is 12.6. The van der Waals surface area contributed by atoms with Gasteiger partial charge < -0.3 is 0 Å². The molecule has 0 saturated heterocycles.